The van der Waals surface area contributed by atoms with Crippen LogP contribution in [0.3, 0.4) is 0 Å². The average molecular weight is 471 g/mol. The van der Waals surface area contributed by atoms with Crippen molar-refractivity contribution in [3.63, 3.8) is 0 Å². The Bertz CT molecular complexity index is 1150. The van der Waals surface area contributed by atoms with Gasteiger partial charge >= 0.3 is 0 Å². The van der Waals surface area contributed by atoms with Gasteiger partial charge in [0.2, 0.25) is 5.91 Å². The molecule has 7 heteroatoms. The topological polar surface area (TPSA) is 59.9 Å². The molecule has 5 nitrogen and oxygen atoms in total. The molecule has 0 aliphatic heterocycles. The minimum Gasteiger partial charge on any atom is -0.493 e. The van der Waals surface area contributed by atoms with Crippen LogP contribution in [-0.2, 0) is 17.8 Å². The van der Waals surface area contributed by atoms with Crippen LogP contribution in [0.4, 0.5) is 0 Å². The number of hydrogen-bond acceptors (Lipinski definition) is 4. The van der Waals surface area contributed by atoms with Crippen LogP contribution in [0.2, 0.25) is 10.0 Å². The van der Waals surface area contributed by atoms with Crippen molar-refractivity contribution in [1.29, 1.82) is 0 Å². The minimum atomic E-state index is -0.179. The SMILES string of the molecule is COc1cc(/C=N/NC(=O)Cc2cc(C)ccc2C)ccc1OCc1ccc(Cl)cc1Cl. The molecular formula is C25H24Cl2N2O3. The lowest BCUT2D eigenvalue weighted by molar-refractivity contribution is -0.120. The standard InChI is InChI=1S/C25H24Cl2N2O3/c1-16-4-5-17(2)20(10-16)12-25(30)29-28-14-18-6-9-23(24(11-18)31-3)32-15-19-7-8-21(26)13-22(19)27/h4-11,13-14H,12,15H2,1-3H3,(H,29,30)/b28-14+. The normalized spacial score (nSPS) is 10.9. The Balaban J connectivity index is 1.60. The van der Waals surface area contributed by atoms with Crippen molar-refractivity contribution in [2.75, 3.05) is 7.11 Å². The van der Waals surface area contributed by atoms with Gasteiger partial charge in [-0.15, -0.1) is 0 Å². The zero-order valence-electron chi connectivity index (χ0n) is 18.1. The number of ether oxygens (including phenoxy) is 2. The van der Waals surface area contributed by atoms with Crippen LogP contribution < -0.4 is 14.9 Å². The maximum Gasteiger partial charge on any atom is 0.244 e. The summed E-state index contributed by atoms with van der Waals surface area (Å²) in [5, 5.41) is 5.17. The zero-order valence-corrected chi connectivity index (χ0v) is 19.6. The second kappa shape index (κ2) is 11.0. The predicted molar refractivity (Wildman–Crippen MR) is 129 cm³/mol. The summed E-state index contributed by atoms with van der Waals surface area (Å²) in [5.41, 5.74) is 7.33. The van der Waals surface area contributed by atoms with E-state index in [2.05, 4.69) is 10.5 Å². The van der Waals surface area contributed by atoms with Crippen LogP contribution in [0.15, 0.2) is 59.7 Å². The highest BCUT2D eigenvalue weighted by atomic mass is 35.5. The molecule has 0 saturated heterocycles. The molecule has 0 unspecified atom stereocenters. The third-order valence-electron chi connectivity index (χ3n) is 4.84. The number of nitrogens with one attached hydrogen (secondary N) is 1. The number of rotatable bonds is 8. The summed E-state index contributed by atoms with van der Waals surface area (Å²) in [6, 6.07) is 16.7. The first-order valence-electron chi connectivity index (χ1n) is 9.98. The second-order valence-corrected chi connectivity index (χ2v) is 8.18. The van der Waals surface area contributed by atoms with Gasteiger partial charge in [0.1, 0.15) is 6.61 Å². The Kier molecular flexibility index (Phi) is 8.14. The van der Waals surface area contributed by atoms with Gasteiger partial charge in [0.05, 0.1) is 19.7 Å². The molecule has 3 rings (SSSR count). The number of halogens is 2. The Morgan fingerprint density at radius 3 is 2.56 bits per heavy atom. The summed E-state index contributed by atoms with van der Waals surface area (Å²) >= 11 is 12.1. The fourth-order valence-electron chi connectivity index (χ4n) is 3.06. The summed E-state index contributed by atoms with van der Waals surface area (Å²) in [6.07, 6.45) is 1.83. The van der Waals surface area contributed by atoms with Crippen molar-refractivity contribution in [1.82, 2.24) is 5.43 Å². The molecule has 3 aromatic rings. The number of carbonyl (C=O) groups is 1. The summed E-state index contributed by atoms with van der Waals surface area (Å²) in [4.78, 5) is 12.2. The molecule has 1 amide bonds. The number of carbonyl (C=O) groups excluding carboxylic acids is 1. The van der Waals surface area contributed by atoms with Crippen molar-refractivity contribution < 1.29 is 14.3 Å². The first-order valence-corrected chi connectivity index (χ1v) is 10.7. The third kappa shape index (κ3) is 6.49. The Morgan fingerprint density at radius 1 is 1.00 bits per heavy atom. The third-order valence-corrected chi connectivity index (χ3v) is 5.43. The highest BCUT2D eigenvalue weighted by Crippen LogP contribution is 2.29. The van der Waals surface area contributed by atoms with Crippen molar-refractivity contribution in [2.24, 2.45) is 5.10 Å². The lowest BCUT2D eigenvalue weighted by Gasteiger charge is -2.12. The molecule has 0 spiro atoms. The molecule has 0 heterocycles. The maximum absolute atomic E-state index is 12.2. The lowest BCUT2D eigenvalue weighted by atomic mass is 10.0. The van der Waals surface area contributed by atoms with Crippen LogP contribution in [0.25, 0.3) is 0 Å². The van der Waals surface area contributed by atoms with Crippen molar-refractivity contribution in [3.8, 4) is 11.5 Å². The molecule has 166 valence electrons. The molecule has 0 aliphatic carbocycles. The van der Waals surface area contributed by atoms with E-state index in [1.54, 1.807) is 37.6 Å². The fraction of sp³-hybridized carbons (Fsp3) is 0.200. The number of benzene rings is 3. The minimum absolute atomic E-state index is 0.179. The molecule has 0 aliphatic rings. The first-order chi connectivity index (χ1) is 15.4. The van der Waals surface area contributed by atoms with Gasteiger partial charge in [-0.2, -0.15) is 5.10 Å². The second-order valence-electron chi connectivity index (χ2n) is 7.33. The molecule has 0 atom stereocenters. The summed E-state index contributed by atoms with van der Waals surface area (Å²) in [6.45, 7) is 4.26. The molecule has 0 radical (unpaired) electrons. The van der Waals surface area contributed by atoms with E-state index in [-0.39, 0.29) is 18.9 Å². The van der Waals surface area contributed by atoms with Crippen LogP contribution in [-0.4, -0.2) is 19.2 Å². The number of nitrogens with zero attached hydrogens (tertiary/aromatic N) is 1. The van der Waals surface area contributed by atoms with Gasteiger partial charge in [-0.1, -0.05) is 53.0 Å². The van der Waals surface area contributed by atoms with Gasteiger partial charge in [0.25, 0.3) is 0 Å². The molecule has 0 bridgehead atoms. The van der Waals surface area contributed by atoms with E-state index in [9.17, 15) is 4.79 Å². The number of hydrazone groups is 1. The Labute approximate surface area is 198 Å². The molecule has 1 N–H and O–H groups in total. The quantitative estimate of drug-likeness (QED) is 0.329. The van der Waals surface area contributed by atoms with Crippen molar-refractivity contribution >= 4 is 35.3 Å². The van der Waals surface area contributed by atoms with E-state index in [1.165, 1.54) is 0 Å². The van der Waals surface area contributed by atoms with E-state index < -0.39 is 0 Å². The zero-order chi connectivity index (χ0) is 23.1. The molecule has 0 fully saturated rings. The lowest BCUT2D eigenvalue weighted by Crippen LogP contribution is -2.20. The van der Waals surface area contributed by atoms with Gasteiger partial charge in [-0.25, -0.2) is 5.43 Å². The van der Waals surface area contributed by atoms with Crippen molar-refractivity contribution in [2.45, 2.75) is 26.9 Å². The monoisotopic (exact) mass is 470 g/mol. The van der Waals surface area contributed by atoms with Gasteiger partial charge in [-0.05, 0) is 60.9 Å². The maximum atomic E-state index is 12.2. The van der Waals surface area contributed by atoms with E-state index in [4.69, 9.17) is 32.7 Å². The molecule has 0 aromatic heterocycles. The first kappa shape index (κ1) is 23.6. The van der Waals surface area contributed by atoms with Crippen LogP contribution in [0.5, 0.6) is 11.5 Å². The van der Waals surface area contributed by atoms with Crippen LogP contribution >= 0.6 is 23.2 Å². The summed E-state index contributed by atoms with van der Waals surface area (Å²) in [7, 11) is 1.56. The number of methoxy groups -OCH3 is 1. The van der Waals surface area contributed by atoms with E-state index in [0.29, 0.717) is 21.5 Å². The Morgan fingerprint density at radius 2 is 1.81 bits per heavy atom. The summed E-state index contributed by atoms with van der Waals surface area (Å²) < 4.78 is 11.3. The molecular weight excluding hydrogens is 447 g/mol. The number of amides is 1. The largest absolute Gasteiger partial charge is 0.493 e. The van der Waals surface area contributed by atoms with E-state index in [1.807, 2.05) is 44.2 Å². The van der Waals surface area contributed by atoms with Gasteiger partial charge in [0, 0.05) is 15.6 Å². The highest BCUT2D eigenvalue weighted by molar-refractivity contribution is 6.35. The van der Waals surface area contributed by atoms with E-state index >= 15 is 0 Å². The van der Waals surface area contributed by atoms with Gasteiger partial charge in [0.15, 0.2) is 11.5 Å². The number of hydrogen-bond donors (Lipinski definition) is 1. The number of aryl methyl sites for hydroxylation is 2. The van der Waals surface area contributed by atoms with Crippen LogP contribution in [0.1, 0.15) is 27.8 Å². The van der Waals surface area contributed by atoms with E-state index in [0.717, 1.165) is 27.8 Å². The molecule has 0 saturated carbocycles. The smallest absolute Gasteiger partial charge is 0.244 e. The predicted octanol–water partition coefficient (Wildman–Crippen LogP) is 5.89. The fourth-order valence-corrected chi connectivity index (χ4v) is 3.52. The van der Waals surface area contributed by atoms with Gasteiger partial charge in [-0.3, -0.25) is 4.79 Å². The van der Waals surface area contributed by atoms with Crippen LogP contribution in [0, 0.1) is 13.8 Å². The Hall–Kier alpha value is -3.02. The highest BCUT2D eigenvalue weighted by Gasteiger charge is 2.09. The van der Waals surface area contributed by atoms with Gasteiger partial charge < -0.3 is 9.47 Å². The molecule has 3 aromatic carbocycles. The average Bonchev–Trinajstić information content (AvgIpc) is 2.76. The summed E-state index contributed by atoms with van der Waals surface area (Å²) in [5.74, 6) is 0.928. The van der Waals surface area contributed by atoms with Crippen molar-refractivity contribution in [3.05, 3.63) is 92.5 Å². The molecule has 32 heavy (non-hydrogen) atoms.